The lowest BCUT2D eigenvalue weighted by Crippen LogP contribution is -2.32. The summed E-state index contributed by atoms with van der Waals surface area (Å²) < 4.78 is 18.5. The maximum absolute atomic E-state index is 13.5. The summed E-state index contributed by atoms with van der Waals surface area (Å²) in [6.45, 7) is 1.83. The van der Waals surface area contributed by atoms with Gasteiger partial charge in [-0.25, -0.2) is 4.39 Å². The second-order valence-electron chi connectivity index (χ2n) is 3.76. The van der Waals surface area contributed by atoms with Gasteiger partial charge in [-0.2, -0.15) is 0 Å². The van der Waals surface area contributed by atoms with Gasteiger partial charge in [0.1, 0.15) is 17.6 Å². The average Bonchev–Trinajstić information content (AvgIpc) is 2.30. The highest BCUT2D eigenvalue weighted by Crippen LogP contribution is 2.24. The van der Waals surface area contributed by atoms with Gasteiger partial charge in [0.2, 0.25) is 0 Å². The fraction of sp³-hybridized carbons (Fsp3) is 0.417. The van der Waals surface area contributed by atoms with Gasteiger partial charge in [-0.1, -0.05) is 6.92 Å². The van der Waals surface area contributed by atoms with Crippen molar-refractivity contribution in [3.63, 3.8) is 0 Å². The van der Waals surface area contributed by atoms with E-state index in [1.54, 1.807) is 6.07 Å². The summed E-state index contributed by atoms with van der Waals surface area (Å²) in [6, 6.07) is 1.86. The van der Waals surface area contributed by atoms with Crippen molar-refractivity contribution in [1.29, 1.82) is 0 Å². The van der Waals surface area contributed by atoms with Crippen LogP contribution >= 0.6 is 0 Å². The van der Waals surface area contributed by atoms with Crippen LogP contribution in [-0.4, -0.2) is 24.2 Å². The molecule has 5 heteroatoms. The highest BCUT2D eigenvalue weighted by molar-refractivity contribution is 5.73. The first kappa shape index (κ1) is 13.4. The standard InChI is InChI=1S/C12H16FNO3/c1-3-7-4-8(5-10(14)12(15)16)11(17-2)6-9(7)13/h4,6,10H,3,5,14H2,1-2H3,(H,15,16). The molecule has 0 aromatic heterocycles. The summed E-state index contributed by atoms with van der Waals surface area (Å²) in [6.07, 6.45) is 0.650. The number of nitrogens with two attached hydrogens (primary N) is 1. The molecule has 0 heterocycles. The van der Waals surface area contributed by atoms with Crippen LogP contribution in [0.5, 0.6) is 5.75 Å². The summed E-state index contributed by atoms with van der Waals surface area (Å²) in [5.74, 6) is -1.11. The van der Waals surface area contributed by atoms with E-state index in [1.165, 1.54) is 13.2 Å². The monoisotopic (exact) mass is 241 g/mol. The molecule has 1 atom stereocenters. The van der Waals surface area contributed by atoms with Crippen LogP contribution in [0.3, 0.4) is 0 Å². The molecule has 17 heavy (non-hydrogen) atoms. The Morgan fingerprint density at radius 3 is 2.65 bits per heavy atom. The number of ether oxygens (including phenoxy) is 1. The zero-order chi connectivity index (χ0) is 13.0. The molecule has 4 nitrogen and oxygen atoms in total. The molecule has 0 fully saturated rings. The third-order valence-electron chi connectivity index (χ3n) is 2.59. The van der Waals surface area contributed by atoms with Gasteiger partial charge in [-0.15, -0.1) is 0 Å². The van der Waals surface area contributed by atoms with E-state index in [0.29, 0.717) is 23.3 Å². The molecule has 0 saturated heterocycles. The first-order valence-corrected chi connectivity index (χ1v) is 5.33. The van der Waals surface area contributed by atoms with Gasteiger partial charge in [0, 0.05) is 12.5 Å². The minimum absolute atomic E-state index is 0.117. The Hall–Kier alpha value is -1.62. The summed E-state index contributed by atoms with van der Waals surface area (Å²) in [5.41, 5.74) is 6.59. The van der Waals surface area contributed by atoms with E-state index in [2.05, 4.69) is 0 Å². The van der Waals surface area contributed by atoms with Crippen LogP contribution in [0, 0.1) is 5.82 Å². The number of carbonyl (C=O) groups is 1. The van der Waals surface area contributed by atoms with Gasteiger partial charge < -0.3 is 15.6 Å². The molecule has 0 aliphatic heterocycles. The Bertz CT molecular complexity index is 420. The van der Waals surface area contributed by atoms with E-state index in [9.17, 15) is 9.18 Å². The Morgan fingerprint density at radius 1 is 1.53 bits per heavy atom. The van der Waals surface area contributed by atoms with Crippen molar-refractivity contribution >= 4 is 5.97 Å². The molecule has 0 radical (unpaired) electrons. The van der Waals surface area contributed by atoms with Crippen molar-refractivity contribution in [3.8, 4) is 5.75 Å². The predicted octanol–water partition coefficient (Wildman–Crippen LogP) is 1.35. The molecule has 1 aromatic carbocycles. The largest absolute Gasteiger partial charge is 0.496 e. The van der Waals surface area contributed by atoms with Crippen LogP contribution in [-0.2, 0) is 17.6 Å². The highest BCUT2D eigenvalue weighted by atomic mass is 19.1. The minimum Gasteiger partial charge on any atom is -0.496 e. The Morgan fingerprint density at radius 2 is 2.18 bits per heavy atom. The van der Waals surface area contributed by atoms with Crippen LogP contribution < -0.4 is 10.5 Å². The fourth-order valence-electron chi connectivity index (χ4n) is 1.60. The summed E-state index contributed by atoms with van der Waals surface area (Å²) in [5, 5.41) is 8.75. The number of methoxy groups -OCH3 is 1. The second-order valence-corrected chi connectivity index (χ2v) is 3.76. The normalized spacial score (nSPS) is 12.2. The predicted molar refractivity (Wildman–Crippen MR) is 61.6 cm³/mol. The minimum atomic E-state index is -1.09. The second kappa shape index (κ2) is 5.63. The van der Waals surface area contributed by atoms with Crippen LogP contribution in [0.4, 0.5) is 4.39 Å². The lowest BCUT2D eigenvalue weighted by Gasteiger charge is -2.13. The number of benzene rings is 1. The molecular formula is C12H16FNO3. The molecule has 1 aromatic rings. The number of hydrogen-bond donors (Lipinski definition) is 2. The third-order valence-corrected chi connectivity index (χ3v) is 2.59. The Labute approximate surface area is 99.2 Å². The van der Waals surface area contributed by atoms with Crippen molar-refractivity contribution in [2.24, 2.45) is 5.73 Å². The first-order chi connectivity index (χ1) is 7.99. The van der Waals surface area contributed by atoms with Gasteiger partial charge >= 0.3 is 5.97 Å². The van der Waals surface area contributed by atoms with E-state index in [-0.39, 0.29) is 12.2 Å². The van der Waals surface area contributed by atoms with Crippen molar-refractivity contribution in [3.05, 3.63) is 29.1 Å². The van der Waals surface area contributed by atoms with Crippen molar-refractivity contribution in [2.75, 3.05) is 7.11 Å². The Balaban J connectivity index is 3.08. The molecule has 0 saturated carbocycles. The lowest BCUT2D eigenvalue weighted by atomic mass is 10.0. The molecule has 0 spiro atoms. The average molecular weight is 241 g/mol. The summed E-state index contributed by atoms with van der Waals surface area (Å²) >= 11 is 0. The molecular weight excluding hydrogens is 225 g/mol. The number of aryl methyl sites for hydroxylation is 1. The smallest absolute Gasteiger partial charge is 0.320 e. The number of rotatable bonds is 5. The van der Waals surface area contributed by atoms with E-state index in [0.717, 1.165) is 0 Å². The Kier molecular flexibility index (Phi) is 4.45. The number of halogens is 1. The first-order valence-electron chi connectivity index (χ1n) is 5.33. The fourth-order valence-corrected chi connectivity index (χ4v) is 1.60. The van der Waals surface area contributed by atoms with E-state index >= 15 is 0 Å². The zero-order valence-corrected chi connectivity index (χ0v) is 9.87. The van der Waals surface area contributed by atoms with E-state index < -0.39 is 12.0 Å². The van der Waals surface area contributed by atoms with Crippen molar-refractivity contribution in [2.45, 2.75) is 25.8 Å². The quantitative estimate of drug-likeness (QED) is 0.816. The highest BCUT2D eigenvalue weighted by Gasteiger charge is 2.17. The van der Waals surface area contributed by atoms with Crippen LogP contribution in [0.2, 0.25) is 0 Å². The number of carboxylic acids is 1. The molecule has 0 amide bonds. The van der Waals surface area contributed by atoms with Gasteiger partial charge in [0.05, 0.1) is 7.11 Å². The third kappa shape index (κ3) is 3.17. The van der Waals surface area contributed by atoms with Crippen molar-refractivity contribution < 1.29 is 19.0 Å². The maximum atomic E-state index is 13.5. The van der Waals surface area contributed by atoms with Crippen LogP contribution in [0.1, 0.15) is 18.1 Å². The lowest BCUT2D eigenvalue weighted by molar-refractivity contribution is -0.138. The SMILES string of the molecule is CCc1cc(CC(N)C(=O)O)c(OC)cc1F. The molecule has 1 rings (SSSR count). The molecule has 3 N–H and O–H groups in total. The van der Waals surface area contributed by atoms with E-state index in [4.69, 9.17) is 15.6 Å². The molecule has 0 aliphatic rings. The summed E-state index contributed by atoms with van der Waals surface area (Å²) in [7, 11) is 1.41. The number of hydrogen-bond acceptors (Lipinski definition) is 3. The molecule has 94 valence electrons. The molecule has 0 aliphatic carbocycles. The topological polar surface area (TPSA) is 72.6 Å². The zero-order valence-electron chi connectivity index (χ0n) is 9.87. The van der Waals surface area contributed by atoms with Gasteiger partial charge in [-0.3, -0.25) is 4.79 Å². The van der Waals surface area contributed by atoms with Gasteiger partial charge in [0.15, 0.2) is 0 Å². The van der Waals surface area contributed by atoms with Crippen LogP contribution in [0.25, 0.3) is 0 Å². The number of carboxylic acid groups (broad SMARTS) is 1. The van der Waals surface area contributed by atoms with Crippen LogP contribution in [0.15, 0.2) is 12.1 Å². The van der Waals surface area contributed by atoms with E-state index in [1.807, 2.05) is 6.92 Å². The maximum Gasteiger partial charge on any atom is 0.320 e. The summed E-state index contributed by atoms with van der Waals surface area (Å²) in [4.78, 5) is 10.7. The van der Waals surface area contributed by atoms with Gasteiger partial charge in [0.25, 0.3) is 0 Å². The number of aliphatic carboxylic acids is 1. The molecule has 1 unspecified atom stereocenters. The molecule has 0 bridgehead atoms. The van der Waals surface area contributed by atoms with Crippen molar-refractivity contribution in [1.82, 2.24) is 0 Å². The van der Waals surface area contributed by atoms with Gasteiger partial charge in [-0.05, 0) is 23.6 Å².